The summed E-state index contributed by atoms with van der Waals surface area (Å²) in [6.07, 6.45) is 10.8. The Morgan fingerprint density at radius 3 is 2.26 bits per heavy atom. The van der Waals surface area contributed by atoms with E-state index in [-0.39, 0.29) is 51.8 Å². The number of allylic oxidation sites excluding steroid dienone is 2. The van der Waals surface area contributed by atoms with Crippen molar-refractivity contribution in [1.29, 1.82) is 0 Å². The van der Waals surface area contributed by atoms with Crippen molar-refractivity contribution in [1.82, 2.24) is 0 Å². The van der Waals surface area contributed by atoms with Crippen molar-refractivity contribution in [3.05, 3.63) is 47.6 Å². The summed E-state index contributed by atoms with van der Waals surface area (Å²) >= 11 is 0. The van der Waals surface area contributed by atoms with Crippen LogP contribution < -0.4 is 0 Å². The number of rotatable bonds is 5. The van der Waals surface area contributed by atoms with Crippen LogP contribution in [0.2, 0.25) is 0 Å². The molecule has 0 amide bonds. The summed E-state index contributed by atoms with van der Waals surface area (Å²) in [5.74, 6) is -0.769. The lowest BCUT2D eigenvalue weighted by atomic mass is 9.33. The van der Waals surface area contributed by atoms with E-state index >= 15 is 0 Å². The van der Waals surface area contributed by atoms with Crippen LogP contribution in [0.15, 0.2) is 42.0 Å². The number of aliphatic carboxylic acids is 1. The largest absolute Gasteiger partial charge is 0.508 e. The summed E-state index contributed by atoms with van der Waals surface area (Å²) in [6.45, 7) is 13.5. The highest BCUT2D eigenvalue weighted by Gasteiger charge is 2.71. The quantitative estimate of drug-likeness (QED) is 0.154. The number of carboxylic acid groups (broad SMARTS) is 1. The lowest BCUT2D eigenvalue weighted by Gasteiger charge is -2.71. The first-order chi connectivity index (χ1) is 21.5. The van der Waals surface area contributed by atoms with Crippen LogP contribution in [0.25, 0.3) is 6.08 Å². The van der Waals surface area contributed by atoms with Crippen LogP contribution in [0.1, 0.15) is 105 Å². The summed E-state index contributed by atoms with van der Waals surface area (Å²) < 4.78 is 5.98. The molecular formula is C39H54O7. The van der Waals surface area contributed by atoms with Crippen LogP contribution >= 0.6 is 0 Å². The standard InChI is InChI=1S/C39H54O7/c1-34(2)17-19-39(33(44)45)20-18-37(5)26(27(39)21-34)12-13-30-35(3)22-28(42)32(36(4,23-40)29(35)15-16-38(30,37)6)46-31(43)14-9-24-7-10-25(41)11-8-24/h7-12,14,27-30,32,40-42H,13,15-23H2,1-6H3,(H,44,45)/t27-,28-,29+,30-,32+,35+,36-,37+,38-,39-/m1/s1. The van der Waals surface area contributed by atoms with E-state index in [1.165, 1.54) is 11.6 Å². The van der Waals surface area contributed by atoms with Gasteiger partial charge in [-0.1, -0.05) is 65.3 Å². The van der Waals surface area contributed by atoms with Gasteiger partial charge in [-0.15, -0.1) is 0 Å². The number of ether oxygens (including phenoxy) is 1. The molecule has 7 nitrogen and oxygen atoms in total. The minimum atomic E-state index is -0.935. The van der Waals surface area contributed by atoms with Crippen molar-refractivity contribution in [3.63, 3.8) is 0 Å². The third-order valence-electron chi connectivity index (χ3n) is 14.7. The number of carbonyl (C=O) groups is 2. The van der Waals surface area contributed by atoms with Crippen molar-refractivity contribution in [2.45, 2.75) is 112 Å². The average Bonchev–Trinajstić information content (AvgIpc) is 2.98. The van der Waals surface area contributed by atoms with Crippen LogP contribution in [0.4, 0.5) is 0 Å². The lowest BCUT2D eigenvalue weighted by molar-refractivity contribution is -0.249. The van der Waals surface area contributed by atoms with Gasteiger partial charge in [0.2, 0.25) is 0 Å². The molecule has 1 aromatic rings. The minimum absolute atomic E-state index is 0.0271. The molecule has 0 aliphatic heterocycles. The highest BCUT2D eigenvalue weighted by Crippen LogP contribution is 2.75. The Kier molecular flexibility index (Phi) is 7.92. The molecule has 1 aromatic carbocycles. The summed E-state index contributed by atoms with van der Waals surface area (Å²) in [7, 11) is 0. The number of aliphatic hydroxyl groups is 2. The summed E-state index contributed by atoms with van der Waals surface area (Å²) in [5.41, 5.74) is 0.128. The fourth-order valence-corrected chi connectivity index (χ4v) is 11.9. The van der Waals surface area contributed by atoms with E-state index in [9.17, 15) is 30.0 Å². The molecule has 0 heterocycles. The fraction of sp³-hybridized carbons (Fsp3) is 0.692. The zero-order valence-electron chi connectivity index (χ0n) is 28.5. The number of aromatic hydroxyl groups is 1. The molecule has 252 valence electrons. The second-order valence-electron chi connectivity index (χ2n) is 17.4. The molecule has 4 N–H and O–H groups in total. The number of esters is 1. The van der Waals surface area contributed by atoms with Crippen molar-refractivity contribution in [2.75, 3.05) is 6.61 Å². The molecular weight excluding hydrogens is 580 g/mol. The summed E-state index contributed by atoms with van der Waals surface area (Å²) in [6, 6.07) is 6.49. The van der Waals surface area contributed by atoms with E-state index in [0.717, 1.165) is 50.5 Å². The van der Waals surface area contributed by atoms with E-state index in [1.54, 1.807) is 30.3 Å². The van der Waals surface area contributed by atoms with Gasteiger partial charge in [-0.25, -0.2) is 4.79 Å². The Bertz CT molecular complexity index is 1440. The van der Waals surface area contributed by atoms with Gasteiger partial charge in [0.15, 0.2) is 0 Å². The first kappa shape index (κ1) is 33.3. The highest BCUT2D eigenvalue weighted by atomic mass is 16.6. The van der Waals surface area contributed by atoms with Gasteiger partial charge < -0.3 is 25.2 Å². The number of fused-ring (bicyclic) bond motifs is 7. The zero-order valence-corrected chi connectivity index (χ0v) is 28.5. The molecule has 5 aliphatic carbocycles. The summed E-state index contributed by atoms with van der Waals surface area (Å²) in [5, 5.41) is 42.9. The SMILES string of the molecule is CC1(C)CC[C@@]2(C(=O)O)CC[C@@]3(C)C(=CC[C@@H]4[C@@]5(C)C[C@@H](O)[C@H](OC(=O)C=Cc6ccc(O)cc6)[C@](C)(CO)[C@H]5CC[C@]43C)[C@H]2C1. The Balaban J connectivity index is 1.31. The number of aliphatic hydroxyl groups excluding tert-OH is 2. The number of phenols is 1. The Hall–Kier alpha value is -2.64. The van der Waals surface area contributed by atoms with Gasteiger partial charge >= 0.3 is 11.9 Å². The van der Waals surface area contributed by atoms with E-state index < -0.39 is 35.0 Å². The zero-order chi connectivity index (χ0) is 33.5. The first-order valence-electron chi connectivity index (χ1n) is 17.4. The number of carboxylic acids is 1. The molecule has 10 atom stereocenters. The minimum Gasteiger partial charge on any atom is -0.508 e. The number of hydrogen-bond acceptors (Lipinski definition) is 6. The molecule has 0 aromatic heterocycles. The van der Waals surface area contributed by atoms with Crippen molar-refractivity contribution in [2.24, 2.45) is 50.2 Å². The molecule has 0 unspecified atom stereocenters. The molecule has 0 radical (unpaired) electrons. The van der Waals surface area contributed by atoms with Crippen LogP contribution in [0.5, 0.6) is 5.75 Å². The monoisotopic (exact) mass is 634 g/mol. The molecule has 0 spiro atoms. The first-order valence-corrected chi connectivity index (χ1v) is 17.4. The van der Waals surface area contributed by atoms with Gasteiger partial charge in [0.1, 0.15) is 11.9 Å². The van der Waals surface area contributed by atoms with Crippen LogP contribution in [0.3, 0.4) is 0 Å². The molecule has 6 rings (SSSR count). The molecule has 0 saturated heterocycles. The predicted octanol–water partition coefficient (Wildman–Crippen LogP) is 7.15. The van der Waals surface area contributed by atoms with Crippen molar-refractivity contribution in [3.8, 4) is 5.75 Å². The van der Waals surface area contributed by atoms with Gasteiger partial charge in [-0.05, 0) is 121 Å². The van der Waals surface area contributed by atoms with Gasteiger partial charge in [-0.3, -0.25) is 4.79 Å². The Morgan fingerprint density at radius 1 is 0.935 bits per heavy atom. The van der Waals surface area contributed by atoms with Crippen LogP contribution in [0, 0.1) is 50.2 Å². The maximum atomic E-state index is 13.1. The Labute approximate surface area is 274 Å². The van der Waals surface area contributed by atoms with Gasteiger partial charge in [0, 0.05) is 11.5 Å². The third-order valence-corrected chi connectivity index (χ3v) is 14.7. The third kappa shape index (κ3) is 4.73. The number of carbonyl (C=O) groups excluding carboxylic acids is 1. The molecule has 46 heavy (non-hydrogen) atoms. The average molecular weight is 635 g/mol. The number of benzene rings is 1. The van der Waals surface area contributed by atoms with Gasteiger partial charge in [0.25, 0.3) is 0 Å². The highest BCUT2D eigenvalue weighted by molar-refractivity contribution is 5.87. The normalized spacial score (nSPS) is 44.6. The van der Waals surface area contributed by atoms with Gasteiger partial charge in [-0.2, -0.15) is 0 Å². The van der Waals surface area contributed by atoms with E-state index in [1.807, 2.05) is 6.92 Å². The molecule has 7 heteroatoms. The van der Waals surface area contributed by atoms with Crippen molar-refractivity contribution >= 4 is 18.0 Å². The number of hydrogen-bond donors (Lipinski definition) is 4. The smallest absolute Gasteiger partial charge is 0.331 e. The maximum absolute atomic E-state index is 13.1. The summed E-state index contributed by atoms with van der Waals surface area (Å²) in [4.78, 5) is 26.0. The fourth-order valence-electron chi connectivity index (χ4n) is 11.9. The Morgan fingerprint density at radius 2 is 1.61 bits per heavy atom. The second kappa shape index (κ2) is 10.9. The second-order valence-corrected chi connectivity index (χ2v) is 17.4. The molecule has 5 aliphatic rings. The maximum Gasteiger partial charge on any atom is 0.331 e. The van der Waals surface area contributed by atoms with E-state index in [0.29, 0.717) is 12.8 Å². The van der Waals surface area contributed by atoms with Crippen molar-refractivity contribution < 1.29 is 34.8 Å². The van der Waals surface area contributed by atoms with E-state index in [2.05, 4.69) is 40.7 Å². The van der Waals surface area contributed by atoms with Crippen LogP contribution in [-0.2, 0) is 14.3 Å². The van der Waals surface area contributed by atoms with Gasteiger partial charge in [0.05, 0.1) is 18.1 Å². The lowest BCUT2D eigenvalue weighted by Crippen LogP contribution is -2.68. The number of phenolic OH excluding ortho intramolecular Hbond substituents is 1. The topological polar surface area (TPSA) is 124 Å². The molecule has 4 saturated carbocycles. The molecule has 0 bridgehead atoms. The predicted molar refractivity (Wildman–Crippen MR) is 176 cm³/mol. The van der Waals surface area contributed by atoms with Crippen LogP contribution in [-0.4, -0.2) is 51.2 Å². The van der Waals surface area contributed by atoms with E-state index in [4.69, 9.17) is 4.74 Å². The molecule has 4 fully saturated rings.